The predicted octanol–water partition coefficient (Wildman–Crippen LogP) is 2.42. The Morgan fingerprint density at radius 2 is 2.31 bits per heavy atom. The van der Waals surface area contributed by atoms with Gasteiger partial charge >= 0.3 is 0 Å². The molecule has 0 fully saturated rings. The van der Waals surface area contributed by atoms with E-state index in [4.69, 9.17) is 10.4 Å². The molecule has 13 heteroatoms. The van der Waals surface area contributed by atoms with E-state index in [1.54, 1.807) is 0 Å². The zero-order chi connectivity index (χ0) is 18.9. The molecule has 1 aromatic carbocycles. The molecule has 0 aliphatic rings. The number of benzene rings is 1. The van der Waals surface area contributed by atoms with Gasteiger partial charge in [0.15, 0.2) is 10.7 Å². The van der Waals surface area contributed by atoms with Crippen molar-refractivity contribution in [3.05, 3.63) is 51.1 Å². The highest BCUT2D eigenvalue weighted by Gasteiger charge is 2.18. The van der Waals surface area contributed by atoms with Crippen LogP contribution < -0.4 is 16.4 Å². The lowest BCUT2D eigenvalue weighted by atomic mass is 10.3. The van der Waals surface area contributed by atoms with Gasteiger partial charge in [-0.25, -0.2) is 9.02 Å². The van der Waals surface area contributed by atoms with Gasteiger partial charge in [0.2, 0.25) is 5.84 Å². The number of anilines is 1. The van der Waals surface area contributed by atoms with E-state index in [1.165, 1.54) is 30.0 Å². The fraction of sp³-hybridized carbons (Fsp3) is 0.154. The number of rotatable bonds is 8. The molecule has 0 bridgehead atoms. The minimum Gasteiger partial charge on any atom is -0.409 e. The molecule has 1 aromatic heterocycles. The third kappa shape index (κ3) is 5.42. The van der Waals surface area contributed by atoms with Crippen LogP contribution in [0.5, 0.6) is 0 Å². The summed E-state index contributed by atoms with van der Waals surface area (Å²) in [6, 6.07) is 4.18. The van der Waals surface area contributed by atoms with Crippen molar-refractivity contribution < 1.29 is 14.2 Å². The second kappa shape index (κ2) is 9.72. The maximum atomic E-state index is 13.3. The van der Waals surface area contributed by atoms with Crippen LogP contribution in [0.25, 0.3) is 0 Å². The summed E-state index contributed by atoms with van der Waals surface area (Å²) in [4.78, 5) is 10.0. The molecule has 0 saturated carbocycles. The molecule has 5 N–H and O–H groups in total. The summed E-state index contributed by atoms with van der Waals surface area (Å²) < 4.78 is 18.2. The fourth-order valence-electron chi connectivity index (χ4n) is 1.71. The van der Waals surface area contributed by atoms with Crippen LogP contribution in [-0.2, 0) is 0 Å². The standard InChI is InChI=1S/C13H13BrFN7O3S/c14-8-5-7(1-2-9(8)15)19-12(20-24)11-13(22-25-21-11)26-4-3-17-10(16)6-18-23/h1-2,5-6,17,24H,3-4,16H2,(H,19,20)/b10-6+. The van der Waals surface area contributed by atoms with Crippen LogP contribution in [0, 0.1) is 10.7 Å². The van der Waals surface area contributed by atoms with Crippen LogP contribution in [-0.4, -0.2) is 33.7 Å². The van der Waals surface area contributed by atoms with E-state index in [2.05, 4.69) is 47.2 Å². The average Bonchev–Trinajstić information content (AvgIpc) is 3.08. The van der Waals surface area contributed by atoms with E-state index < -0.39 is 5.82 Å². The van der Waals surface area contributed by atoms with Crippen LogP contribution in [0.2, 0.25) is 0 Å². The SMILES string of the molecule is N/C(=C\N=O)NCCSc1nonc1/C(=N/O)Nc1ccc(F)c(Br)c1. The zero-order valence-corrected chi connectivity index (χ0v) is 15.4. The largest absolute Gasteiger partial charge is 0.409 e. The van der Waals surface area contributed by atoms with E-state index in [1.807, 2.05) is 0 Å². The molecular formula is C13H13BrFN7O3S. The average molecular weight is 446 g/mol. The van der Waals surface area contributed by atoms with Gasteiger partial charge in [-0.1, -0.05) is 16.9 Å². The summed E-state index contributed by atoms with van der Waals surface area (Å²) in [5.74, 6) is 0.183. The molecular weight excluding hydrogens is 433 g/mol. The van der Waals surface area contributed by atoms with Gasteiger partial charge < -0.3 is 21.6 Å². The third-order valence-electron chi connectivity index (χ3n) is 2.83. The first-order valence-corrected chi connectivity index (χ1v) is 8.75. The van der Waals surface area contributed by atoms with Crippen LogP contribution in [0.4, 0.5) is 10.1 Å². The quantitative estimate of drug-likeness (QED) is 0.0911. The summed E-state index contributed by atoms with van der Waals surface area (Å²) in [7, 11) is 0. The van der Waals surface area contributed by atoms with Crippen molar-refractivity contribution in [1.82, 2.24) is 15.6 Å². The lowest BCUT2D eigenvalue weighted by Gasteiger charge is -2.08. The van der Waals surface area contributed by atoms with Gasteiger partial charge in [0.1, 0.15) is 17.8 Å². The van der Waals surface area contributed by atoms with Gasteiger partial charge in [0.25, 0.3) is 0 Å². The van der Waals surface area contributed by atoms with Crippen molar-refractivity contribution in [2.75, 3.05) is 17.6 Å². The van der Waals surface area contributed by atoms with E-state index in [0.29, 0.717) is 23.0 Å². The van der Waals surface area contributed by atoms with Crippen molar-refractivity contribution in [2.45, 2.75) is 5.03 Å². The van der Waals surface area contributed by atoms with Crippen molar-refractivity contribution in [1.29, 1.82) is 0 Å². The van der Waals surface area contributed by atoms with Gasteiger partial charge in [-0.15, -0.1) is 4.91 Å². The summed E-state index contributed by atoms with van der Waals surface area (Å²) >= 11 is 4.32. The van der Waals surface area contributed by atoms with Gasteiger partial charge in [-0.05, 0) is 49.6 Å². The Labute approximate surface area is 159 Å². The van der Waals surface area contributed by atoms with Gasteiger partial charge in [-0.3, -0.25) is 0 Å². The molecule has 2 aromatic rings. The van der Waals surface area contributed by atoms with Gasteiger partial charge in [0.05, 0.1) is 4.47 Å². The Kier molecular flexibility index (Phi) is 7.35. The predicted molar refractivity (Wildman–Crippen MR) is 97.1 cm³/mol. The number of hydrogen-bond acceptors (Lipinski definition) is 10. The normalized spacial score (nSPS) is 12.1. The van der Waals surface area contributed by atoms with Crippen LogP contribution in [0.1, 0.15) is 5.69 Å². The van der Waals surface area contributed by atoms with Crippen molar-refractivity contribution in [3.8, 4) is 0 Å². The Morgan fingerprint density at radius 1 is 1.50 bits per heavy atom. The van der Waals surface area contributed by atoms with Gasteiger partial charge in [0, 0.05) is 18.0 Å². The Hall–Kier alpha value is -2.67. The summed E-state index contributed by atoms with van der Waals surface area (Å²) in [6.45, 7) is 0.415. The number of oxime groups is 1. The topological polar surface area (TPSA) is 151 Å². The third-order valence-corrected chi connectivity index (χ3v) is 4.38. The van der Waals surface area contributed by atoms with E-state index in [9.17, 15) is 14.5 Å². The summed E-state index contributed by atoms with van der Waals surface area (Å²) in [6.07, 6.45) is 0.953. The highest BCUT2D eigenvalue weighted by molar-refractivity contribution is 9.10. The molecule has 0 amide bonds. The first-order valence-electron chi connectivity index (χ1n) is 6.97. The Balaban J connectivity index is 2.01. The minimum absolute atomic E-state index is 0.0234. The van der Waals surface area contributed by atoms with Crippen LogP contribution >= 0.6 is 27.7 Å². The first-order chi connectivity index (χ1) is 12.5. The molecule has 0 unspecified atom stereocenters. The van der Waals surface area contributed by atoms with Crippen LogP contribution in [0.3, 0.4) is 0 Å². The van der Waals surface area contributed by atoms with E-state index in [-0.39, 0.29) is 21.8 Å². The number of hydrogen-bond donors (Lipinski definition) is 4. The molecule has 1 heterocycles. The van der Waals surface area contributed by atoms with E-state index in [0.717, 1.165) is 6.20 Å². The van der Waals surface area contributed by atoms with E-state index >= 15 is 0 Å². The molecule has 10 nitrogen and oxygen atoms in total. The Morgan fingerprint density at radius 3 is 3.00 bits per heavy atom. The molecule has 0 spiro atoms. The van der Waals surface area contributed by atoms with Crippen molar-refractivity contribution in [2.24, 2.45) is 16.1 Å². The second-order valence-corrected chi connectivity index (χ2v) is 6.52. The minimum atomic E-state index is -0.428. The number of amidine groups is 1. The number of thioether (sulfide) groups is 1. The van der Waals surface area contributed by atoms with Crippen molar-refractivity contribution >= 4 is 39.2 Å². The summed E-state index contributed by atoms with van der Waals surface area (Å²) in [5.41, 5.74) is 6.10. The Bertz CT molecular complexity index is 830. The lowest BCUT2D eigenvalue weighted by molar-refractivity contribution is 0.297. The molecule has 0 saturated heterocycles. The van der Waals surface area contributed by atoms with Crippen LogP contribution in [0.15, 0.2) is 54.7 Å². The highest BCUT2D eigenvalue weighted by atomic mass is 79.9. The highest BCUT2D eigenvalue weighted by Crippen LogP contribution is 2.23. The molecule has 138 valence electrons. The molecule has 26 heavy (non-hydrogen) atoms. The summed E-state index contributed by atoms with van der Waals surface area (Å²) in [5, 5.41) is 28.3. The number of nitrogens with zero attached hydrogens (tertiary/aromatic N) is 4. The molecule has 0 atom stereocenters. The number of aromatic nitrogens is 2. The number of nitroso groups, excluding NO2 is 1. The maximum absolute atomic E-state index is 13.3. The smallest absolute Gasteiger partial charge is 0.202 e. The molecule has 0 radical (unpaired) electrons. The number of nitrogens with one attached hydrogen (secondary N) is 2. The molecule has 0 aliphatic carbocycles. The fourth-order valence-corrected chi connectivity index (χ4v) is 2.84. The van der Waals surface area contributed by atoms with Gasteiger partial charge in [-0.2, -0.15) is 0 Å². The maximum Gasteiger partial charge on any atom is 0.202 e. The number of nitrogens with two attached hydrogens (primary N) is 1. The molecule has 0 aliphatic heterocycles. The second-order valence-electron chi connectivity index (χ2n) is 4.59. The van der Waals surface area contributed by atoms with Crippen molar-refractivity contribution in [3.63, 3.8) is 0 Å². The monoisotopic (exact) mass is 445 g/mol. The zero-order valence-electron chi connectivity index (χ0n) is 13.0. The molecule has 2 rings (SSSR count). The first kappa shape index (κ1) is 19.7. The lowest BCUT2D eigenvalue weighted by Crippen LogP contribution is -2.22. The number of halogens is 2.